The molecule has 0 aromatic rings. The molecule has 0 aliphatic rings. The van der Waals surface area contributed by atoms with E-state index >= 15 is 0 Å². The highest BCUT2D eigenvalue weighted by atomic mass is 32.9. The van der Waals surface area contributed by atoms with Gasteiger partial charge in [0.25, 0.3) is 9.05 Å². The number of nitrogens with two attached hydrogens (primary N) is 2. The van der Waals surface area contributed by atoms with Crippen molar-refractivity contribution >= 4 is 36.7 Å². The summed E-state index contributed by atoms with van der Waals surface area (Å²) in [5.74, 6) is 0. The topological polar surface area (TPSA) is 201 Å². The molecular weight excluding hydrogens is 264 g/mol. The van der Waals surface area contributed by atoms with E-state index in [4.69, 9.17) is 35.6 Å². The average Bonchev–Trinajstić information content (AvgIpc) is 1.45. The van der Waals surface area contributed by atoms with Crippen LogP contribution in [-0.2, 0) is 30.6 Å². The Balaban J connectivity index is -0.000000131. The summed E-state index contributed by atoms with van der Waals surface area (Å²) in [5, 5.41) is 0. The zero-order valence-corrected chi connectivity index (χ0v) is 8.75. The summed E-state index contributed by atoms with van der Waals surface area (Å²) in [6.07, 6.45) is 0. The fraction of sp³-hybridized carbons (Fsp3) is 0. The molecule has 0 aliphatic heterocycles. The number of hydrogen-bond acceptors (Lipinski definition) is 5. The second-order valence-electron chi connectivity index (χ2n) is 1.30. The van der Waals surface area contributed by atoms with Crippen molar-refractivity contribution in [1.29, 1.82) is 0 Å². The lowest BCUT2D eigenvalue weighted by Crippen LogP contribution is -2.18. The van der Waals surface area contributed by atoms with Crippen LogP contribution in [0.5, 0.6) is 0 Å². The number of carbonyl (C=O) groups is 1. The van der Waals surface area contributed by atoms with Gasteiger partial charge in [-0.3, -0.25) is 18.2 Å². The second kappa shape index (κ2) is 7.80. The second-order valence-corrected chi connectivity index (χ2v) is 4.39. The first-order chi connectivity index (χ1) is 5.73. The van der Waals surface area contributed by atoms with Crippen molar-refractivity contribution in [3.63, 3.8) is 0 Å². The van der Waals surface area contributed by atoms with Gasteiger partial charge in [0.2, 0.25) is 0 Å². The minimum absolute atomic E-state index is 0.833. The Morgan fingerprint density at radius 3 is 1.00 bits per heavy atom. The van der Waals surface area contributed by atoms with E-state index in [1.807, 2.05) is 0 Å². The van der Waals surface area contributed by atoms with Gasteiger partial charge in [0.15, 0.2) is 0 Å². The van der Waals surface area contributed by atoms with E-state index in [0.29, 0.717) is 0 Å². The molecule has 0 aromatic carbocycles. The van der Waals surface area contributed by atoms with Crippen LogP contribution in [0.4, 0.5) is 4.79 Å². The Labute approximate surface area is 84.2 Å². The largest absolute Gasteiger partial charge is 0.394 e. The molecule has 0 heterocycles. The van der Waals surface area contributed by atoms with E-state index in [-0.39, 0.29) is 0 Å². The average molecular weight is 272 g/mol. The van der Waals surface area contributed by atoms with Gasteiger partial charge in [0.05, 0.1) is 0 Å². The lowest BCUT2D eigenvalue weighted by molar-refractivity contribution is 0.256. The SMILES string of the molecule is NC(N)=O.O=S(=O)(O)O.O=S(O)(O)=S. The zero-order valence-electron chi connectivity index (χ0n) is 6.30. The van der Waals surface area contributed by atoms with Crippen molar-refractivity contribution in [2.24, 2.45) is 11.5 Å². The van der Waals surface area contributed by atoms with Crippen LogP contribution < -0.4 is 11.5 Å². The van der Waals surface area contributed by atoms with Crippen LogP contribution in [0, 0.1) is 0 Å². The standard InChI is InChI=1S/CH4N2O.H2O4S.H2O3S2/c2-1(3)4;2*1-5(2,3)4/h(H4,2,3,4);2*(H2,1,2,3,4). The van der Waals surface area contributed by atoms with Crippen molar-refractivity contribution in [3.05, 3.63) is 0 Å². The third-order valence-corrected chi connectivity index (χ3v) is 0. The van der Waals surface area contributed by atoms with Crippen LogP contribution in [0.3, 0.4) is 0 Å². The molecule has 2 amide bonds. The van der Waals surface area contributed by atoms with Crippen molar-refractivity contribution in [2.45, 2.75) is 0 Å². The molecule has 0 spiro atoms. The molecule has 0 aromatic heterocycles. The zero-order chi connectivity index (χ0) is 12.6. The molecule has 14 heavy (non-hydrogen) atoms. The van der Waals surface area contributed by atoms with E-state index < -0.39 is 25.5 Å². The van der Waals surface area contributed by atoms with Gasteiger partial charge in [0, 0.05) is 11.2 Å². The molecule has 0 atom stereocenters. The van der Waals surface area contributed by atoms with E-state index in [1.165, 1.54) is 0 Å². The molecule has 0 unspecified atom stereocenters. The van der Waals surface area contributed by atoms with Crippen LogP contribution in [0.15, 0.2) is 0 Å². The molecule has 10 nitrogen and oxygen atoms in total. The maximum atomic E-state index is 9.11. The van der Waals surface area contributed by atoms with Gasteiger partial charge in [0.1, 0.15) is 0 Å². The van der Waals surface area contributed by atoms with Gasteiger partial charge in [-0.15, -0.1) is 0 Å². The Hall–Kier alpha value is -0.570. The summed E-state index contributed by atoms with van der Waals surface area (Å²) in [6, 6.07) is -0.833. The first kappa shape index (κ1) is 19.1. The van der Waals surface area contributed by atoms with Gasteiger partial charge >= 0.3 is 16.4 Å². The van der Waals surface area contributed by atoms with Gasteiger partial charge in [-0.25, -0.2) is 4.79 Å². The van der Waals surface area contributed by atoms with Crippen molar-refractivity contribution < 1.29 is 35.6 Å². The van der Waals surface area contributed by atoms with E-state index in [0.717, 1.165) is 0 Å². The number of urea groups is 1. The third-order valence-electron chi connectivity index (χ3n) is 0. The van der Waals surface area contributed by atoms with Gasteiger partial charge < -0.3 is 11.5 Å². The Morgan fingerprint density at radius 2 is 1.00 bits per heavy atom. The maximum absolute atomic E-state index is 9.11. The first-order valence-electron chi connectivity index (χ1n) is 2.18. The summed E-state index contributed by atoms with van der Waals surface area (Å²) in [5.41, 5.74) is 8.50. The Bertz CT molecular complexity index is 289. The molecular formula is CH8N2O8S3. The molecule has 0 fully saturated rings. The van der Waals surface area contributed by atoms with Gasteiger partial charge in [-0.2, -0.15) is 12.6 Å². The summed E-state index contributed by atoms with van der Waals surface area (Å²) >= 11 is 3.47. The summed E-state index contributed by atoms with van der Waals surface area (Å²) in [6.45, 7) is 0. The van der Waals surface area contributed by atoms with Crippen molar-refractivity contribution in [2.75, 3.05) is 0 Å². The Morgan fingerprint density at radius 1 is 1.00 bits per heavy atom. The lowest BCUT2D eigenvalue weighted by atomic mass is 11.2. The van der Waals surface area contributed by atoms with E-state index in [1.54, 1.807) is 0 Å². The van der Waals surface area contributed by atoms with Crippen molar-refractivity contribution in [3.8, 4) is 0 Å². The molecule has 13 heteroatoms. The van der Waals surface area contributed by atoms with Crippen LogP contribution >= 0.6 is 0 Å². The minimum Gasteiger partial charge on any atom is -0.352 e. The monoisotopic (exact) mass is 272 g/mol. The number of rotatable bonds is 0. The highest BCUT2D eigenvalue weighted by molar-refractivity contribution is 8.26. The normalized spacial score (nSPS) is 10.0. The van der Waals surface area contributed by atoms with Gasteiger partial charge in [-0.05, 0) is 0 Å². The summed E-state index contributed by atoms with van der Waals surface area (Å²) in [4.78, 5) is 9.00. The molecule has 0 saturated carbocycles. The van der Waals surface area contributed by atoms with Crippen LogP contribution in [0.2, 0.25) is 0 Å². The predicted octanol–water partition coefficient (Wildman–Crippen LogP) is -1.95. The molecule has 0 rings (SSSR count). The molecule has 8 N–H and O–H groups in total. The van der Waals surface area contributed by atoms with Crippen LogP contribution in [0.25, 0.3) is 0 Å². The molecule has 88 valence electrons. The number of primary amides is 2. The smallest absolute Gasteiger partial charge is 0.352 e. The highest BCUT2D eigenvalue weighted by Crippen LogP contribution is 1.62. The number of hydrogen-bond donors (Lipinski definition) is 6. The molecule has 0 bridgehead atoms. The van der Waals surface area contributed by atoms with Crippen LogP contribution in [-0.4, -0.2) is 36.9 Å². The third kappa shape index (κ3) is 3830. The molecule has 0 saturated heterocycles. The van der Waals surface area contributed by atoms with E-state index in [2.05, 4.69) is 22.7 Å². The summed E-state index contributed by atoms with van der Waals surface area (Å²) < 4.78 is 55.5. The number of carbonyl (C=O) groups excluding carboxylic acids is 1. The fourth-order valence-electron chi connectivity index (χ4n) is 0. The number of amides is 2. The van der Waals surface area contributed by atoms with Crippen molar-refractivity contribution in [1.82, 2.24) is 0 Å². The molecule has 0 aliphatic carbocycles. The van der Waals surface area contributed by atoms with E-state index in [9.17, 15) is 0 Å². The van der Waals surface area contributed by atoms with Crippen LogP contribution in [0.1, 0.15) is 0 Å². The predicted molar refractivity (Wildman–Crippen MR) is 48.7 cm³/mol. The minimum atomic E-state index is -4.67. The quantitative estimate of drug-likeness (QED) is 0.271. The first-order valence-corrected chi connectivity index (χ1v) is 5.97. The maximum Gasteiger partial charge on any atom is 0.394 e. The highest BCUT2D eigenvalue weighted by Gasteiger charge is 1.84. The summed E-state index contributed by atoms with van der Waals surface area (Å²) in [7, 11) is -8.50. The molecule has 0 radical (unpaired) electrons. The lowest BCUT2D eigenvalue weighted by Gasteiger charge is -1.73. The fourth-order valence-corrected chi connectivity index (χ4v) is 0. The Kier molecular flexibility index (Phi) is 10.6. The van der Waals surface area contributed by atoms with Gasteiger partial charge in [-0.1, -0.05) is 0 Å².